The molecule has 0 fully saturated rings. The van der Waals surface area contributed by atoms with Gasteiger partial charge in [-0.1, -0.05) is 0 Å². The molecule has 10 heteroatoms. The van der Waals surface area contributed by atoms with Gasteiger partial charge in [0.1, 0.15) is 12.1 Å². The number of carboxylic acid groups (broad SMARTS) is 2. The molecule has 25 heavy (non-hydrogen) atoms. The van der Waals surface area contributed by atoms with Gasteiger partial charge in [-0.2, -0.15) is 0 Å². The van der Waals surface area contributed by atoms with E-state index in [2.05, 4.69) is 19.9 Å². The Bertz CT molecular complexity index is 648. The summed E-state index contributed by atoms with van der Waals surface area (Å²) in [6.07, 6.45) is 6.91. The zero-order chi connectivity index (χ0) is 19.0. The third-order valence-electron chi connectivity index (χ3n) is 3.49. The highest BCUT2D eigenvalue weighted by molar-refractivity contribution is 5.73. The third kappa shape index (κ3) is 7.14. The minimum atomic E-state index is -1.04. The molecule has 0 aliphatic carbocycles. The summed E-state index contributed by atoms with van der Waals surface area (Å²) in [6.45, 7) is 0. The molecule has 0 unspecified atom stereocenters. The zero-order valence-corrected chi connectivity index (χ0v) is 14.5. The number of hydrogen-bond donors (Lipinski definition) is 4. The third-order valence-corrected chi connectivity index (χ3v) is 3.49. The van der Waals surface area contributed by atoms with E-state index < -0.39 is 24.0 Å². The number of quaternary nitrogens is 1. The van der Waals surface area contributed by atoms with E-state index in [1.165, 1.54) is 12.7 Å². The van der Waals surface area contributed by atoms with Crippen LogP contribution in [0.2, 0.25) is 0 Å². The number of imidazole rings is 2. The molecule has 0 aliphatic heterocycles. The van der Waals surface area contributed by atoms with Crippen molar-refractivity contribution in [3.8, 4) is 0 Å². The quantitative estimate of drug-likeness (QED) is 0.425. The molecule has 138 valence electrons. The van der Waals surface area contributed by atoms with Gasteiger partial charge in [-0.3, -0.25) is 4.79 Å². The Morgan fingerprint density at radius 1 is 1.16 bits per heavy atom. The highest BCUT2D eigenvalue weighted by Gasteiger charge is 2.25. The van der Waals surface area contributed by atoms with Crippen molar-refractivity contribution >= 4 is 11.9 Å². The maximum absolute atomic E-state index is 10.9. The van der Waals surface area contributed by atoms with Gasteiger partial charge in [0.2, 0.25) is 0 Å². The molecule has 0 saturated carbocycles. The monoisotopic (exact) mass is 352 g/mol. The Morgan fingerprint density at radius 3 is 1.96 bits per heavy atom. The fraction of sp³-hybridized carbons (Fsp3) is 0.467. The molecule has 0 aliphatic rings. The zero-order valence-electron chi connectivity index (χ0n) is 14.5. The van der Waals surface area contributed by atoms with Crippen LogP contribution in [-0.2, 0) is 22.4 Å². The Balaban J connectivity index is 0.000000257. The van der Waals surface area contributed by atoms with Gasteiger partial charge < -0.3 is 35.2 Å². The Labute approximate surface area is 145 Å². The van der Waals surface area contributed by atoms with Crippen LogP contribution < -0.4 is 10.8 Å². The Hall–Kier alpha value is -2.72. The average Bonchev–Trinajstić information content (AvgIpc) is 3.17. The summed E-state index contributed by atoms with van der Waals surface area (Å²) in [5.74, 6) is -2.04. The summed E-state index contributed by atoms with van der Waals surface area (Å²) in [6, 6.07) is -1.41. The van der Waals surface area contributed by atoms with Crippen LogP contribution in [0.4, 0.5) is 0 Å². The second kappa shape index (κ2) is 8.94. The maximum atomic E-state index is 10.9. The molecule has 0 spiro atoms. The number of nitrogens with zero attached hydrogens (tertiary/aromatic N) is 3. The van der Waals surface area contributed by atoms with Crippen molar-refractivity contribution in [1.82, 2.24) is 19.9 Å². The van der Waals surface area contributed by atoms with E-state index in [4.69, 9.17) is 10.8 Å². The predicted octanol–water partition coefficient (Wildman–Crippen LogP) is -1.86. The molecule has 2 aromatic heterocycles. The summed E-state index contributed by atoms with van der Waals surface area (Å²) >= 11 is 0. The fourth-order valence-electron chi connectivity index (χ4n) is 2.00. The number of carboxylic acids is 2. The van der Waals surface area contributed by atoms with Gasteiger partial charge >= 0.3 is 5.97 Å². The Kier molecular flexibility index (Phi) is 7.27. The first-order valence-electron chi connectivity index (χ1n) is 7.56. The number of likely N-dealkylation sites (N-methyl/N-ethyl adjacent to an activating group) is 1. The highest BCUT2D eigenvalue weighted by atomic mass is 16.4. The average molecular weight is 352 g/mol. The number of aromatic nitrogens is 4. The van der Waals surface area contributed by atoms with Crippen molar-refractivity contribution in [2.45, 2.75) is 24.9 Å². The highest BCUT2D eigenvalue weighted by Crippen LogP contribution is 2.08. The van der Waals surface area contributed by atoms with Crippen LogP contribution in [0.5, 0.6) is 0 Å². The van der Waals surface area contributed by atoms with E-state index >= 15 is 0 Å². The molecule has 0 aromatic carbocycles. The summed E-state index contributed by atoms with van der Waals surface area (Å²) in [7, 11) is 5.49. The molecule has 0 bridgehead atoms. The van der Waals surface area contributed by atoms with Gasteiger partial charge in [-0.15, -0.1) is 0 Å². The topological polar surface area (TPSA) is 161 Å². The molecular formula is C15H24N6O4. The van der Waals surface area contributed by atoms with Gasteiger partial charge in [-0.25, -0.2) is 9.97 Å². The number of rotatable bonds is 7. The standard InChI is InChI=1S/C9H15N3O2.C6H9N3O2/c1-12(2,3)8(9(13)14)4-7-5-10-6-11-7;7-5(6(10)11)1-4-2-8-3-9-4/h5-6,8H,4H2,1-3H3,(H-,10,11,13,14);2-3,5H,1,7H2,(H,8,9)(H,10,11)/t8-;5-/m00/s1. The van der Waals surface area contributed by atoms with Crippen LogP contribution in [0.15, 0.2) is 25.0 Å². The van der Waals surface area contributed by atoms with Crippen LogP contribution in [-0.4, -0.2) is 74.7 Å². The van der Waals surface area contributed by atoms with Crippen LogP contribution in [0.25, 0.3) is 0 Å². The maximum Gasteiger partial charge on any atom is 0.320 e. The fourth-order valence-corrected chi connectivity index (χ4v) is 2.00. The summed E-state index contributed by atoms with van der Waals surface area (Å²) in [5, 5.41) is 19.3. The van der Waals surface area contributed by atoms with Crippen LogP contribution >= 0.6 is 0 Å². The van der Waals surface area contributed by atoms with Gasteiger partial charge in [-0.05, 0) is 0 Å². The molecule has 2 aromatic rings. The van der Waals surface area contributed by atoms with E-state index in [1.807, 2.05) is 21.1 Å². The number of H-pyrrole nitrogens is 2. The number of nitrogens with two attached hydrogens (primary N) is 1. The lowest BCUT2D eigenvalue weighted by atomic mass is 10.1. The lowest BCUT2D eigenvalue weighted by Gasteiger charge is -2.34. The minimum absolute atomic E-state index is 0.287. The molecule has 5 N–H and O–H groups in total. The number of carbonyl (C=O) groups excluding carboxylic acids is 1. The first-order chi connectivity index (χ1) is 11.6. The van der Waals surface area contributed by atoms with Crippen molar-refractivity contribution in [3.05, 3.63) is 36.4 Å². The molecular weight excluding hydrogens is 328 g/mol. The second-order valence-electron chi connectivity index (χ2n) is 6.46. The van der Waals surface area contributed by atoms with Gasteiger partial charge in [0, 0.05) is 36.6 Å². The van der Waals surface area contributed by atoms with E-state index in [0.29, 0.717) is 10.9 Å². The van der Waals surface area contributed by atoms with E-state index in [0.717, 1.165) is 11.4 Å². The minimum Gasteiger partial charge on any atom is -0.544 e. The van der Waals surface area contributed by atoms with Crippen molar-refractivity contribution in [2.24, 2.45) is 5.73 Å². The molecule has 0 radical (unpaired) electrons. The number of aromatic amines is 2. The normalized spacial score (nSPS) is 13.4. The van der Waals surface area contributed by atoms with Crippen LogP contribution in [0.3, 0.4) is 0 Å². The van der Waals surface area contributed by atoms with Crippen molar-refractivity contribution in [1.29, 1.82) is 0 Å². The SMILES string of the molecule is C[N+](C)(C)[C@@H](Cc1cnc[nH]1)C(=O)[O-].N[C@@H](Cc1cnc[nH]1)C(=O)O. The van der Waals surface area contributed by atoms with Gasteiger partial charge in [0.25, 0.3) is 0 Å². The predicted molar refractivity (Wildman–Crippen MR) is 87.0 cm³/mol. The van der Waals surface area contributed by atoms with Crippen molar-refractivity contribution < 1.29 is 24.3 Å². The lowest BCUT2D eigenvalue weighted by Crippen LogP contribution is -2.55. The smallest absolute Gasteiger partial charge is 0.320 e. The molecule has 10 nitrogen and oxygen atoms in total. The molecule has 2 rings (SSSR count). The number of carbonyl (C=O) groups is 2. The van der Waals surface area contributed by atoms with E-state index in [9.17, 15) is 14.7 Å². The lowest BCUT2D eigenvalue weighted by molar-refractivity contribution is -0.889. The van der Waals surface area contributed by atoms with E-state index in [-0.39, 0.29) is 6.42 Å². The largest absolute Gasteiger partial charge is 0.544 e. The number of aliphatic carboxylic acids is 2. The molecule has 0 saturated heterocycles. The Morgan fingerprint density at radius 2 is 1.64 bits per heavy atom. The summed E-state index contributed by atoms with van der Waals surface area (Å²) < 4.78 is 0.335. The number of nitrogens with one attached hydrogen (secondary N) is 2. The van der Waals surface area contributed by atoms with Gasteiger partial charge in [0.15, 0.2) is 0 Å². The molecule has 2 atom stereocenters. The molecule has 0 amide bonds. The van der Waals surface area contributed by atoms with Gasteiger partial charge in [0.05, 0.1) is 39.8 Å². The first-order valence-corrected chi connectivity index (χ1v) is 7.56. The summed E-state index contributed by atoms with van der Waals surface area (Å²) in [4.78, 5) is 34.4. The van der Waals surface area contributed by atoms with Crippen LogP contribution in [0, 0.1) is 0 Å². The number of hydrogen-bond acceptors (Lipinski definition) is 6. The van der Waals surface area contributed by atoms with Crippen molar-refractivity contribution in [2.75, 3.05) is 21.1 Å². The van der Waals surface area contributed by atoms with E-state index in [1.54, 1.807) is 12.4 Å². The second-order valence-corrected chi connectivity index (χ2v) is 6.46. The molecule has 2 heterocycles. The first kappa shape index (κ1) is 20.3. The summed E-state index contributed by atoms with van der Waals surface area (Å²) in [5.41, 5.74) is 6.81. The van der Waals surface area contributed by atoms with Crippen molar-refractivity contribution in [3.63, 3.8) is 0 Å². The van der Waals surface area contributed by atoms with Crippen LogP contribution in [0.1, 0.15) is 11.4 Å².